The highest BCUT2D eigenvalue weighted by Gasteiger charge is 2.45. The van der Waals surface area contributed by atoms with Gasteiger partial charge in [0.15, 0.2) is 5.58 Å². The number of aryl methyl sites for hydroxylation is 1. The molecule has 0 aliphatic carbocycles. The van der Waals surface area contributed by atoms with Gasteiger partial charge in [-0.3, -0.25) is 4.57 Å². The number of esters is 1. The molecule has 3 aromatic carbocycles. The Balaban J connectivity index is 1.72. The number of fused-ring (bicyclic) bond motifs is 1. The lowest BCUT2D eigenvalue weighted by molar-refractivity contribution is -0.154. The van der Waals surface area contributed by atoms with Crippen LogP contribution < -0.4 is 5.76 Å². The fraction of sp³-hybridized carbons (Fsp3) is 0.231. The minimum atomic E-state index is -4.59. The molecule has 0 N–H and O–H groups in total. The van der Waals surface area contributed by atoms with Crippen molar-refractivity contribution in [3.8, 4) is 11.1 Å². The zero-order valence-electron chi connectivity index (χ0n) is 19.3. The third-order valence-electron chi connectivity index (χ3n) is 6.23. The van der Waals surface area contributed by atoms with E-state index in [0.717, 1.165) is 4.57 Å². The van der Waals surface area contributed by atoms with Gasteiger partial charge in [-0.1, -0.05) is 54.4 Å². The molecule has 188 valence electrons. The van der Waals surface area contributed by atoms with E-state index in [1.807, 2.05) is 0 Å². The number of halogens is 5. The van der Waals surface area contributed by atoms with E-state index < -0.39 is 29.7 Å². The van der Waals surface area contributed by atoms with Gasteiger partial charge < -0.3 is 9.15 Å². The van der Waals surface area contributed by atoms with Crippen molar-refractivity contribution in [1.29, 1.82) is 0 Å². The van der Waals surface area contributed by atoms with Crippen molar-refractivity contribution in [3.63, 3.8) is 0 Å². The van der Waals surface area contributed by atoms with Crippen LogP contribution in [0, 0.1) is 0 Å². The molecular weight excluding hydrogens is 518 g/mol. The molecule has 4 rings (SSSR count). The molecule has 0 saturated carbocycles. The van der Waals surface area contributed by atoms with Crippen LogP contribution in [-0.4, -0.2) is 23.8 Å². The highest BCUT2D eigenvalue weighted by atomic mass is 35.5. The summed E-state index contributed by atoms with van der Waals surface area (Å²) in [5.74, 6) is -4.17. The van der Waals surface area contributed by atoms with Gasteiger partial charge in [-0.2, -0.15) is 13.2 Å². The van der Waals surface area contributed by atoms with E-state index >= 15 is 0 Å². The Bertz CT molecular complexity index is 1520. The van der Waals surface area contributed by atoms with E-state index in [1.54, 1.807) is 30.3 Å². The molecule has 1 aromatic heterocycles. The van der Waals surface area contributed by atoms with E-state index in [2.05, 4.69) is 4.74 Å². The van der Waals surface area contributed by atoms with Gasteiger partial charge >= 0.3 is 17.9 Å². The summed E-state index contributed by atoms with van der Waals surface area (Å²) >= 11 is 12.7. The Labute approximate surface area is 214 Å². The lowest BCUT2D eigenvalue weighted by Crippen LogP contribution is -2.26. The fourth-order valence-corrected chi connectivity index (χ4v) is 4.93. The second kappa shape index (κ2) is 9.67. The first-order chi connectivity index (χ1) is 16.9. The zero-order valence-corrected chi connectivity index (χ0v) is 20.8. The Morgan fingerprint density at radius 1 is 1.00 bits per heavy atom. The summed E-state index contributed by atoms with van der Waals surface area (Å²) in [5.41, 5.74) is 2.22. The van der Waals surface area contributed by atoms with Gasteiger partial charge in [-0.25, -0.2) is 9.59 Å². The smallest absolute Gasteiger partial charge is 0.419 e. The molecule has 0 amide bonds. The van der Waals surface area contributed by atoms with Gasteiger partial charge in [0.25, 0.3) is 0 Å². The Hall–Kier alpha value is -3.23. The molecule has 0 saturated heterocycles. The van der Waals surface area contributed by atoms with Crippen LogP contribution in [0.3, 0.4) is 0 Å². The summed E-state index contributed by atoms with van der Waals surface area (Å²) in [5, 5.41) is 0.327. The van der Waals surface area contributed by atoms with Crippen LogP contribution in [0.2, 0.25) is 10.0 Å². The highest BCUT2D eigenvalue weighted by Crippen LogP contribution is 2.47. The average molecular weight is 538 g/mol. The van der Waals surface area contributed by atoms with E-state index in [4.69, 9.17) is 27.6 Å². The summed E-state index contributed by atoms with van der Waals surface area (Å²) in [6.07, 6.45) is -4.59. The van der Waals surface area contributed by atoms with Crippen molar-refractivity contribution in [2.75, 3.05) is 7.11 Å². The third kappa shape index (κ3) is 4.75. The van der Waals surface area contributed by atoms with Crippen molar-refractivity contribution in [3.05, 3.63) is 91.9 Å². The first kappa shape index (κ1) is 25.9. The second-order valence-corrected chi connectivity index (χ2v) is 9.20. The number of hydrogen-bond donors (Lipinski definition) is 0. The summed E-state index contributed by atoms with van der Waals surface area (Å²) in [6.45, 7) is 1.46. The van der Waals surface area contributed by atoms with E-state index in [-0.39, 0.29) is 32.3 Å². The highest BCUT2D eigenvalue weighted by molar-refractivity contribution is 6.34. The fourth-order valence-electron chi connectivity index (χ4n) is 4.32. The normalized spacial score (nSPS) is 13.6. The summed E-state index contributed by atoms with van der Waals surface area (Å²) in [7, 11) is 2.68. The summed E-state index contributed by atoms with van der Waals surface area (Å²) in [6, 6.07) is 13.5. The lowest BCUT2D eigenvalue weighted by atomic mass is 9.81. The van der Waals surface area contributed by atoms with E-state index in [9.17, 15) is 22.8 Å². The van der Waals surface area contributed by atoms with E-state index in [0.29, 0.717) is 16.7 Å². The number of oxazole rings is 1. The molecule has 0 aliphatic heterocycles. The van der Waals surface area contributed by atoms with Crippen LogP contribution >= 0.6 is 23.2 Å². The standard InChI is InChI=1S/C26H20Cl2F3NO4/c1-13(23(26(29,30)31)16-6-9-22-21(12-16)32(2)25(34)36-22)17-7-4-14(10-19(17)27)15-5-8-18(20(28)11-15)24(33)35-3/h4-13,23H,1-3H3. The Morgan fingerprint density at radius 3 is 2.22 bits per heavy atom. The molecule has 5 nitrogen and oxygen atoms in total. The lowest BCUT2D eigenvalue weighted by Gasteiger charge is -2.28. The van der Waals surface area contributed by atoms with Gasteiger partial charge in [0.1, 0.15) is 0 Å². The predicted molar refractivity (Wildman–Crippen MR) is 132 cm³/mol. The van der Waals surface area contributed by atoms with Crippen LogP contribution in [-0.2, 0) is 11.8 Å². The number of carbonyl (C=O) groups excluding carboxylic acids is 1. The summed E-state index contributed by atoms with van der Waals surface area (Å²) < 4.78 is 53.8. The Kier molecular flexibility index (Phi) is 6.94. The van der Waals surface area contributed by atoms with Crippen LogP contribution in [0.15, 0.2) is 63.8 Å². The van der Waals surface area contributed by atoms with Crippen LogP contribution in [0.1, 0.15) is 40.2 Å². The first-order valence-corrected chi connectivity index (χ1v) is 11.5. The van der Waals surface area contributed by atoms with Crippen molar-refractivity contribution in [2.24, 2.45) is 7.05 Å². The second-order valence-electron chi connectivity index (χ2n) is 8.38. The Morgan fingerprint density at radius 2 is 1.64 bits per heavy atom. The number of nitrogens with zero attached hydrogens (tertiary/aromatic N) is 1. The van der Waals surface area contributed by atoms with Gasteiger partial charge in [0.05, 0.1) is 29.1 Å². The number of hydrogen-bond acceptors (Lipinski definition) is 4. The largest absolute Gasteiger partial charge is 0.465 e. The van der Waals surface area contributed by atoms with E-state index in [1.165, 1.54) is 45.3 Å². The monoisotopic (exact) mass is 537 g/mol. The summed E-state index contributed by atoms with van der Waals surface area (Å²) in [4.78, 5) is 23.5. The van der Waals surface area contributed by atoms with Crippen molar-refractivity contribution in [1.82, 2.24) is 4.57 Å². The average Bonchev–Trinajstić information content (AvgIpc) is 3.10. The maximum absolute atomic E-state index is 14.3. The first-order valence-electron chi connectivity index (χ1n) is 10.8. The SMILES string of the molecule is COC(=O)c1ccc(-c2ccc(C(C)C(c3ccc4oc(=O)n(C)c4c3)C(F)(F)F)c(Cl)c2)cc1Cl. The number of aromatic nitrogens is 1. The van der Waals surface area contributed by atoms with Crippen LogP contribution in [0.25, 0.3) is 22.2 Å². The van der Waals surface area contributed by atoms with Crippen LogP contribution in [0.5, 0.6) is 0 Å². The topological polar surface area (TPSA) is 61.4 Å². The number of methoxy groups -OCH3 is 1. The molecule has 2 unspecified atom stereocenters. The molecule has 10 heteroatoms. The molecule has 0 spiro atoms. The van der Waals surface area contributed by atoms with Gasteiger partial charge in [-0.15, -0.1) is 0 Å². The molecule has 0 bridgehead atoms. The molecule has 0 radical (unpaired) electrons. The number of rotatable bonds is 5. The number of benzene rings is 3. The van der Waals surface area contributed by atoms with Gasteiger partial charge in [0, 0.05) is 12.1 Å². The van der Waals surface area contributed by atoms with Crippen molar-refractivity contribution < 1.29 is 27.1 Å². The predicted octanol–water partition coefficient (Wildman–Crippen LogP) is 7.34. The molecule has 4 aromatic rings. The maximum atomic E-state index is 14.3. The minimum Gasteiger partial charge on any atom is -0.465 e. The number of alkyl halides is 3. The minimum absolute atomic E-state index is 0.00998. The number of ether oxygens (including phenoxy) is 1. The molecular formula is C26H20Cl2F3NO4. The molecule has 0 aliphatic rings. The van der Waals surface area contributed by atoms with Crippen molar-refractivity contribution >= 4 is 40.3 Å². The van der Waals surface area contributed by atoms with Crippen molar-refractivity contribution in [2.45, 2.75) is 24.9 Å². The quantitative estimate of drug-likeness (QED) is 0.250. The molecule has 2 atom stereocenters. The maximum Gasteiger partial charge on any atom is 0.419 e. The molecule has 1 heterocycles. The number of carbonyl (C=O) groups is 1. The molecule has 0 fully saturated rings. The molecule has 36 heavy (non-hydrogen) atoms. The zero-order chi connectivity index (χ0) is 26.4. The van der Waals surface area contributed by atoms with Gasteiger partial charge in [-0.05, 0) is 58.5 Å². The van der Waals surface area contributed by atoms with Gasteiger partial charge in [0.2, 0.25) is 0 Å². The third-order valence-corrected chi connectivity index (χ3v) is 6.87. The van der Waals surface area contributed by atoms with Crippen LogP contribution in [0.4, 0.5) is 13.2 Å².